The van der Waals surface area contributed by atoms with Gasteiger partial charge in [0.25, 0.3) is 0 Å². The minimum atomic E-state index is 0.433. The second kappa shape index (κ2) is 5.58. The molecule has 0 saturated heterocycles. The number of aromatic hydroxyl groups is 1. The van der Waals surface area contributed by atoms with Crippen molar-refractivity contribution in [2.75, 3.05) is 6.61 Å². The smallest absolute Gasteiger partial charge is 0.127 e. The van der Waals surface area contributed by atoms with Crippen molar-refractivity contribution in [3.8, 4) is 22.6 Å². The van der Waals surface area contributed by atoms with Gasteiger partial charge in [0.2, 0.25) is 0 Å². The quantitative estimate of drug-likeness (QED) is 0.897. The minimum absolute atomic E-state index is 0.433. The van der Waals surface area contributed by atoms with Crippen LogP contribution in [0.3, 0.4) is 0 Å². The molecule has 104 valence electrons. The third kappa shape index (κ3) is 2.26. The number of rotatable bonds is 3. The van der Waals surface area contributed by atoms with Crippen molar-refractivity contribution in [3.05, 3.63) is 47.5 Å². The molecule has 0 aliphatic carbocycles. The Kier molecular flexibility index (Phi) is 3.64. The number of fused-ring (bicyclic) bond motifs is 1. The highest BCUT2D eigenvalue weighted by Crippen LogP contribution is 2.43. The zero-order valence-corrected chi connectivity index (χ0v) is 11.9. The first-order valence-electron chi connectivity index (χ1n) is 7.37. The largest absolute Gasteiger partial charge is 0.507 e. The molecule has 3 rings (SSSR count). The lowest BCUT2D eigenvalue weighted by atomic mass is 9.90. The molecule has 0 saturated carbocycles. The van der Waals surface area contributed by atoms with Crippen LogP contribution in [0.5, 0.6) is 11.5 Å². The van der Waals surface area contributed by atoms with E-state index in [1.54, 1.807) is 0 Å². The molecule has 2 aromatic rings. The van der Waals surface area contributed by atoms with E-state index >= 15 is 0 Å². The first kappa shape index (κ1) is 13.0. The summed E-state index contributed by atoms with van der Waals surface area (Å²) in [5.41, 5.74) is 4.18. The molecular weight excluding hydrogens is 248 g/mol. The Morgan fingerprint density at radius 1 is 1.20 bits per heavy atom. The summed E-state index contributed by atoms with van der Waals surface area (Å²) < 4.78 is 5.82. The van der Waals surface area contributed by atoms with Crippen LogP contribution in [0.1, 0.15) is 30.9 Å². The summed E-state index contributed by atoms with van der Waals surface area (Å²) in [6.07, 6.45) is 3.88. The van der Waals surface area contributed by atoms with E-state index in [2.05, 4.69) is 19.1 Å². The Morgan fingerprint density at radius 2 is 2.00 bits per heavy atom. The Bertz CT molecular complexity index is 603. The molecule has 20 heavy (non-hydrogen) atoms. The van der Waals surface area contributed by atoms with Crippen LogP contribution in [0.25, 0.3) is 11.1 Å². The van der Waals surface area contributed by atoms with Gasteiger partial charge in [-0.3, -0.25) is 0 Å². The van der Waals surface area contributed by atoms with Crippen LogP contribution in [-0.2, 0) is 12.8 Å². The highest BCUT2D eigenvalue weighted by atomic mass is 16.5. The molecule has 0 bridgehead atoms. The van der Waals surface area contributed by atoms with Gasteiger partial charge in [0.05, 0.1) is 6.61 Å². The van der Waals surface area contributed by atoms with Gasteiger partial charge in [0, 0.05) is 11.1 Å². The van der Waals surface area contributed by atoms with Gasteiger partial charge in [-0.2, -0.15) is 0 Å². The highest BCUT2D eigenvalue weighted by molar-refractivity contribution is 5.78. The zero-order chi connectivity index (χ0) is 13.9. The van der Waals surface area contributed by atoms with Crippen LogP contribution >= 0.6 is 0 Å². The van der Waals surface area contributed by atoms with Gasteiger partial charge in [0.15, 0.2) is 0 Å². The molecule has 0 atom stereocenters. The van der Waals surface area contributed by atoms with Crippen molar-refractivity contribution in [2.24, 2.45) is 0 Å². The number of benzene rings is 2. The third-order valence-corrected chi connectivity index (χ3v) is 3.86. The number of phenolic OH excluding ortho intramolecular Hbond substituents is 1. The van der Waals surface area contributed by atoms with E-state index in [9.17, 15) is 5.11 Å². The third-order valence-electron chi connectivity index (χ3n) is 3.86. The average molecular weight is 268 g/mol. The van der Waals surface area contributed by atoms with E-state index in [-0.39, 0.29) is 0 Å². The van der Waals surface area contributed by atoms with Crippen LogP contribution in [0.2, 0.25) is 0 Å². The van der Waals surface area contributed by atoms with Crippen molar-refractivity contribution >= 4 is 0 Å². The Hall–Kier alpha value is -1.96. The molecule has 0 radical (unpaired) electrons. The van der Waals surface area contributed by atoms with Gasteiger partial charge in [0.1, 0.15) is 11.5 Å². The van der Waals surface area contributed by atoms with Crippen LogP contribution in [0.15, 0.2) is 36.4 Å². The topological polar surface area (TPSA) is 29.5 Å². The normalized spacial score (nSPS) is 13.7. The average Bonchev–Trinajstić information content (AvgIpc) is 2.49. The molecule has 1 N–H and O–H groups in total. The van der Waals surface area contributed by atoms with E-state index in [1.807, 2.05) is 24.3 Å². The van der Waals surface area contributed by atoms with Crippen molar-refractivity contribution in [1.29, 1.82) is 0 Å². The molecule has 0 fully saturated rings. The van der Waals surface area contributed by atoms with Gasteiger partial charge in [-0.05, 0) is 36.5 Å². The van der Waals surface area contributed by atoms with Gasteiger partial charge in [-0.15, -0.1) is 0 Å². The number of aryl methyl sites for hydroxylation is 1. The van der Waals surface area contributed by atoms with Crippen molar-refractivity contribution < 1.29 is 9.84 Å². The van der Waals surface area contributed by atoms with Crippen LogP contribution in [-0.4, -0.2) is 11.7 Å². The number of phenols is 1. The van der Waals surface area contributed by atoms with Crippen LogP contribution in [0.4, 0.5) is 0 Å². The monoisotopic (exact) mass is 268 g/mol. The lowest BCUT2D eigenvalue weighted by molar-refractivity contribution is 0.287. The van der Waals surface area contributed by atoms with Gasteiger partial charge in [-0.1, -0.05) is 43.7 Å². The van der Waals surface area contributed by atoms with E-state index in [1.165, 1.54) is 0 Å². The molecular formula is C18H20O2. The van der Waals surface area contributed by atoms with Gasteiger partial charge < -0.3 is 9.84 Å². The van der Waals surface area contributed by atoms with E-state index in [4.69, 9.17) is 4.74 Å². The summed E-state index contributed by atoms with van der Waals surface area (Å²) in [7, 11) is 0. The summed E-state index contributed by atoms with van der Waals surface area (Å²) in [6.45, 7) is 2.90. The summed E-state index contributed by atoms with van der Waals surface area (Å²) in [5, 5.41) is 10.7. The summed E-state index contributed by atoms with van der Waals surface area (Å²) in [6, 6.07) is 12.2. The first-order valence-corrected chi connectivity index (χ1v) is 7.37. The maximum atomic E-state index is 10.7. The summed E-state index contributed by atoms with van der Waals surface area (Å²) >= 11 is 0. The molecule has 2 aromatic carbocycles. The Morgan fingerprint density at radius 3 is 2.75 bits per heavy atom. The highest BCUT2D eigenvalue weighted by Gasteiger charge is 2.21. The molecule has 0 unspecified atom stereocenters. The molecule has 0 amide bonds. The maximum absolute atomic E-state index is 10.7. The van der Waals surface area contributed by atoms with E-state index in [0.717, 1.165) is 60.3 Å². The van der Waals surface area contributed by atoms with E-state index in [0.29, 0.717) is 5.75 Å². The van der Waals surface area contributed by atoms with Crippen molar-refractivity contribution in [2.45, 2.75) is 32.6 Å². The van der Waals surface area contributed by atoms with Gasteiger partial charge in [-0.25, -0.2) is 0 Å². The molecule has 1 aliphatic heterocycles. The van der Waals surface area contributed by atoms with Crippen LogP contribution < -0.4 is 4.74 Å². The summed E-state index contributed by atoms with van der Waals surface area (Å²) in [4.78, 5) is 0. The minimum Gasteiger partial charge on any atom is -0.507 e. The lowest BCUT2D eigenvalue weighted by Gasteiger charge is -2.23. The van der Waals surface area contributed by atoms with Crippen molar-refractivity contribution in [3.63, 3.8) is 0 Å². The Balaban J connectivity index is 2.22. The SMILES string of the molecule is CCCc1cc2c(c(-c3ccccc3)c1O)CCCO2. The molecule has 1 aliphatic rings. The molecule has 0 spiro atoms. The van der Waals surface area contributed by atoms with Crippen molar-refractivity contribution in [1.82, 2.24) is 0 Å². The molecule has 0 aromatic heterocycles. The van der Waals surface area contributed by atoms with Crippen LogP contribution in [0, 0.1) is 0 Å². The lowest BCUT2D eigenvalue weighted by Crippen LogP contribution is -2.10. The second-order valence-electron chi connectivity index (χ2n) is 5.30. The fraction of sp³-hybridized carbons (Fsp3) is 0.333. The second-order valence-corrected chi connectivity index (χ2v) is 5.30. The Labute approximate surface area is 120 Å². The number of hydrogen-bond acceptors (Lipinski definition) is 2. The molecule has 2 nitrogen and oxygen atoms in total. The number of ether oxygens (including phenoxy) is 1. The fourth-order valence-corrected chi connectivity index (χ4v) is 2.92. The maximum Gasteiger partial charge on any atom is 0.127 e. The molecule has 1 heterocycles. The van der Waals surface area contributed by atoms with E-state index < -0.39 is 0 Å². The predicted molar refractivity (Wildman–Crippen MR) is 81.4 cm³/mol. The predicted octanol–water partition coefficient (Wildman–Crippen LogP) is 4.34. The summed E-state index contributed by atoms with van der Waals surface area (Å²) in [5.74, 6) is 1.39. The standard InChI is InChI=1S/C18H20O2/c1-2-7-14-12-16-15(10-6-11-20-16)17(18(14)19)13-8-4-3-5-9-13/h3-5,8-9,12,19H,2,6-7,10-11H2,1H3. The molecule has 2 heteroatoms. The zero-order valence-electron chi connectivity index (χ0n) is 11.9. The number of hydrogen-bond donors (Lipinski definition) is 1. The first-order chi connectivity index (χ1) is 9.81. The fourth-order valence-electron chi connectivity index (χ4n) is 2.92. The van der Waals surface area contributed by atoms with Gasteiger partial charge >= 0.3 is 0 Å².